The van der Waals surface area contributed by atoms with Crippen molar-refractivity contribution in [1.29, 1.82) is 15.8 Å². The molecular weight excluding hydrogens is 278 g/mol. The lowest BCUT2D eigenvalue weighted by molar-refractivity contribution is -0.143. The second-order valence-electron chi connectivity index (χ2n) is 6.16. The highest BCUT2D eigenvalue weighted by molar-refractivity contribution is 5.79. The third kappa shape index (κ3) is 3.84. The molecule has 0 amide bonds. The Kier molecular flexibility index (Phi) is 5.28. The topological polar surface area (TPSA) is 97.7 Å². The van der Waals surface area contributed by atoms with Crippen LogP contribution in [-0.4, -0.2) is 13.1 Å². The van der Waals surface area contributed by atoms with E-state index in [4.69, 9.17) is 15.3 Å². The Balaban J connectivity index is 3.55. The number of nitrogens with zero attached hydrogens (tertiary/aromatic N) is 3. The molecule has 0 aromatic heterocycles. The van der Waals surface area contributed by atoms with Crippen molar-refractivity contribution >= 4 is 5.97 Å². The van der Waals surface area contributed by atoms with Gasteiger partial charge in [-0.1, -0.05) is 20.8 Å². The van der Waals surface area contributed by atoms with Crippen LogP contribution in [0.3, 0.4) is 0 Å². The monoisotopic (exact) mass is 295 g/mol. The van der Waals surface area contributed by atoms with Crippen LogP contribution < -0.4 is 0 Å². The SMILES string of the molecule is COC(=O)C(CC(C)(C)C)c1cc(C#N)c(C#N)cc1C#N. The molecule has 1 atom stereocenters. The highest BCUT2D eigenvalue weighted by Crippen LogP contribution is 2.34. The number of benzene rings is 1. The van der Waals surface area contributed by atoms with Crippen molar-refractivity contribution in [1.82, 2.24) is 0 Å². The summed E-state index contributed by atoms with van der Waals surface area (Å²) in [6.07, 6.45) is 0.463. The summed E-state index contributed by atoms with van der Waals surface area (Å²) < 4.78 is 4.85. The van der Waals surface area contributed by atoms with Gasteiger partial charge >= 0.3 is 5.97 Å². The van der Waals surface area contributed by atoms with Crippen LogP contribution in [0, 0.1) is 39.4 Å². The van der Waals surface area contributed by atoms with Crippen molar-refractivity contribution in [2.75, 3.05) is 7.11 Å². The fourth-order valence-corrected chi connectivity index (χ4v) is 2.26. The van der Waals surface area contributed by atoms with Crippen molar-refractivity contribution in [2.45, 2.75) is 33.1 Å². The smallest absolute Gasteiger partial charge is 0.313 e. The lowest BCUT2D eigenvalue weighted by Gasteiger charge is -2.25. The molecule has 0 radical (unpaired) electrons. The minimum atomic E-state index is -0.653. The Labute approximate surface area is 130 Å². The molecule has 0 N–H and O–H groups in total. The second-order valence-corrected chi connectivity index (χ2v) is 6.16. The lowest BCUT2D eigenvalue weighted by Crippen LogP contribution is -2.22. The standard InChI is InChI=1S/C17H17N3O2/c1-17(2,3)7-15(16(21)22-4)14-6-12(9-19)11(8-18)5-13(14)10-20/h5-6,15H,7H2,1-4H3. The zero-order valence-electron chi connectivity index (χ0n) is 13.1. The number of carbonyl (C=O) groups excluding carboxylic acids is 1. The van der Waals surface area contributed by atoms with Crippen molar-refractivity contribution in [3.63, 3.8) is 0 Å². The number of nitriles is 3. The number of esters is 1. The maximum atomic E-state index is 12.1. The van der Waals surface area contributed by atoms with Crippen LogP contribution in [-0.2, 0) is 9.53 Å². The maximum absolute atomic E-state index is 12.1. The van der Waals surface area contributed by atoms with Crippen LogP contribution >= 0.6 is 0 Å². The van der Waals surface area contributed by atoms with Gasteiger partial charge in [-0.15, -0.1) is 0 Å². The molecule has 0 aliphatic rings. The van der Waals surface area contributed by atoms with Gasteiger partial charge in [-0.05, 0) is 29.5 Å². The second kappa shape index (κ2) is 6.74. The van der Waals surface area contributed by atoms with E-state index in [1.165, 1.54) is 19.2 Å². The third-order valence-electron chi connectivity index (χ3n) is 3.23. The molecule has 22 heavy (non-hydrogen) atoms. The minimum absolute atomic E-state index is 0.127. The highest BCUT2D eigenvalue weighted by Gasteiger charge is 2.30. The minimum Gasteiger partial charge on any atom is -0.469 e. The summed E-state index contributed by atoms with van der Waals surface area (Å²) >= 11 is 0. The van der Waals surface area contributed by atoms with Gasteiger partial charge < -0.3 is 4.74 Å². The Morgan fingerprint density at radius 2 is 1.59 bits per heavy atom. The van der Waals surface area contributed by atoms with Gasteiger partial charge in [0.25, 0.3) is 0 Å². The summed E-state index contributed by atoms with van der Waals surface area (Å²) in [6, 6.07) is 8.62. The Morgan fingerprint density at radius 3 is 2.00 bits per heavy atom. The van der Waals surface area contributed by atoms with E-state index in [9.17, 15) is 10.1 Å². The number of rotatable bonds is 3. The largest absolute Gasteiger partial charge is 0.469 e. The van der Waals surface area contributed by atoms with E-state index in [0.29, 0.717) is 12.0 Å². The Hall–Kier alpha value is -2.84. The zero-order chi connectivity index (χ0) is 16.9. The molecule has 0 aliphatic heterocycles. The molecule has 5 nitrogen and oxygen atoms in total. The van der Waals surface area contributed by atoms with Gasteiger partial charge in [-0.2, -0.15) is 15.8 Å². The molecule has 0 heterocycles. The lowest BCUT2D eigenvalue weighted by atomic mass is 9.79. The predicted octanol–water partition coefficient (Wildman–Crippen LogP) is 2.99. The van der Waals surface area contributed by atoms with E-state index in [2.05, 4.69) is 0 Å². The third-order valence-corrected chi connectivity index (χ3v) is 3.23. The first kappa shape index (κ1) is 17.2. The van der Waals surface area contributed by atoms with Gasteiger partial charge in [-0.25, -0.2) is 0 Å². The first-order valence-electron chi connectivity index (χ1n) is 6.73. The molecule has 112 valence electrons. The van der Waals surface area contributed by atoms with Gasteiger partial charge in [0.15, 0.2) is 0 Å². The first-order chi connectivity index (χ1) is 10.3. The molecule has 1 rings (SSSR count). The molecular formula is C17H17N3O2. The highest BCUT2D eigenvalue weighted by atomic mass is 16.5. The van der Waals surface area contributed by atoms with E-state index in [1.807, 2.05) is 39.0 Å². The van der Waals surface area contributed by atoms with Gasteiger partial charge in [-0.3, -0.25) is 4.79 Å². The summed E-state index contributed by atoms with van der Waals surface area (Å²) in [6.45, 7) is 5.93. The Morgan fingerprint density at radius 1 is 1.09 bits per heavy atom. The van der Waals surface area contributed by atoms with Crippen molar-refractivity contribution < 1.29 is 9.53 Å². The number of carbonyl (C=O) groups is 1. The number of ether oxygens (including phenoxy) is 1. The normalized spacial score (nSPS) is 11.7. The van der Waals surface area contributed by atoms with Gasteiger partial charge in [0, 0.05) is 0 Å². The molecule has 0 saturated heterocycles. The van der Waals surface area contributed by atoms with Crippen LogP contribution in [0.1, 0.15) is 55.4 Å². The molecule has 0 fully saturated rings. The fourth-order valence-electron chi connectivity index (χ4n) is 2.26. The summed E-state index contributed by atoms with van der Waals surface area (Å²) in [4.78, 5) is 12.1. The van der Waals surface area contributed by atoms with E-state index >= 15 is 0 Å². The van der Waals surface area contributed by atoms with E-state index in [1.54, 1.807) is 0 Å². The van der Waals surface area contributed by atoms with Crippen molar-refractivity contribution in [2.24, 2.45) is 5.41 Å². The molecule has 0 saturated carbocycles. The number of hydrogen-bond acceptors (Lipinski definition) is 5. The van der Waals surface area contributed by atoms with Gasteiger partial charge in [0.1, 0.15) is 12.1 Å². The summed E-state index contributed by atoms with van der Waals surface area (Å²) in [5.41, 5.74) is 0.753. The number of hydrogen-bond donors (Lipinski definition) is 0. The van der Waals surface area contributed by atoms with Crippen molar-refractivity contribution in [3.8, 4) is 18.2 Å². The molecule has 0 bridgehead atoms. The van der Waals surface area contributed by atoms with E-state index in [0.717, 1.165) is 0 Å². The predicted molar refractivity (Wildman–Crippen MR) is 79.4 cm³/mol. The van der Waals surface area contributed by atoms with Crippen LogP contribution in [0.5, 0.6) is 0 Å². The molecule has 1 aromatic carbocycles. The quantitative estimate of drug-likeness (QED) is 0.798. The summed E-state index contributed by atoms with van der Waals surface area (Å²) in [7, 11) is 1.29. The summed E-state index contributed by atoms with van der Waals surface area (Å²) in [5.74, 6) is -1.11. The molecule has 1 aromatic rings. The first-order valence-corrected chi connectivity index (χ1v) is 6.73. The molecule has 0 spiro atoms. The maximum Gasteiger partial charge on any atom is 0.313 e. The number of methoxy groups -OCH3 is 1. The average molecular weight is 295 g/mol. The Bertz CT molecular complexity index is 710. The van der Waals surface area contributed by atoms with Crippen molar-refractivity contribution in [3.05, 3.63) is 34.4 Å². The van der Waals surface area contributed by atoms with Crippen LogP contribution in [0.4, 0.5) is 0 Å². The molecule has 5 heteroatoms. The van der Waals surface area contributed by atoms with E-state index < -0.39 is 11.9 Å². The molecule has 1 unspecified atom stereocenters. The summed E-state index contributed by atoms with van der Waals surface area (Å²) in [5, 5.41) is 27.5. The average Bonchev–Trinajstić information content (AvgIpc) is 2.49. The van der Waals surface area contributed by atoms with Crippen LogP contribution in [0.15, 0.2) is 12.1 Å². The van der Waals surface area contributed by atoms with E-state index in [-0.39, 0.29) is 22.1 Å². The van der Waals surface area contributed by atoms with Crippen LogP contribution in [0.25, 0.3) is 0 Å². The van der Waals surface area contributed by atoms with Crippen LogP contribution in [0.2, 0.25) is 0 Å². The van der Waals surface area contributed by atoms with Gasteiger partial charge in [0.2, 0.25) is 0 Å². The fraction of sp³-hybridized carbons (Fsp3) is 0.412. The molecule has 0 aliphatic carbocycles. The van der Waals surface area contributed by atoms with Gasteiger partial charge in [0.05, 0.1) is 35.8 Å². The zero-order valence-corrected chi connectivity index (χ0v) is 13.1.